The zero-order chi connectivity index (χ0) is 12.3. The van der Waals surface area contributed by atoms with Crippen LogP contribution in [0.1, 0.15) is 41.2 Å². The van der Waals surface area contributed by atoms with Crippen molar-refractivity contribution in [2.24, 2.45) is 5.92 Å². The number of carbonyl (C=O) groups is 1. The fourth-order valence-corrected chi connectivity index (χ4v) is 2.85. The molecule has 0 bridgehead atoms. The van der Waals surface area contributed by atoms with Crippen LogP contribution in [0.3, 0.4) is 0 Å². The van der Waals surface area contributed by atoms with Gasteiger partial charge in [0.15, 0.2) is 5.78 Å². The highest BCUT2D eigenvalue weighted by Gasteiger charge is 2.24. The number of aryl methyl sites for hydroxylation is 1. The molecule has 1 aliphatic carbocycles. The molecule has 0 saturated heterocycles. The van der Waals surface area contributed by atoms with Gasteiger partial charge >= 0.3 is 0 Å². The number of ketones is 1. The Balaban J connectivity index is 1.89. The lowest BCUT2D eigenvalue weighted by molar-refractivity contribution is 0.0935. The fraction of sp³-hybridized carbons (Fsp3) is 0.643. The molecule has 0 atom stereocenters. The topological polar surface area (TPSA) is 20.3 Å². The monoisotopic (exact) mass is 251 g/mol. The predicted octanol–water partition coefficient (Wildman–Crippen LogP) is 3.23. The van der Waals surface area contributed by atoms with Crippen LogP contribution in [-0.2, 0) is 6.42 Å². The van der Waals surface area contributed by atoms with Gasteiger partial charge in [-0.3, -0.25) is 9.69 Å². The van der Waals surface area contributed by atoms with E-state index >= 15 is 0 Å². The van der Waals surface area contributed by atoms with Crippen LogP contribution in [0.15, 0.2) is 12.1 Å². The summed E-state index contributed by atoms with van der Waals surface area (Å²) in [6.45, 7) is 6.95. The van der Waals surface area contributed by atoms with Gasteiger partial charge in [-0.1, -0.05) is 13.8 Å². The van der Waals surface area contributed by atoms with Gasteiger partial charge in [0.25, 0.3) is 0 Å². The molecule has 0 aromatic carbocycles. The first-order valence-electron chi connectivity index (χ1n) is 6.57. The minimum absolute atomic E-state index is 0.289. The molecule has 1 aliphatic rings. The summed E-state index contributed by atoms with van der Waals surface area (Å²) >= 11 is 1.65. The van der Waals surface area contributed by atoms with Gasteiger partial charge in [-0.25, -0.2) is 0 Å². The highest BCUT2D eigenvalue weighted by atomic mass is 32.1. The Bertz CT molecular complexity index is 381. The Hall–Kier alpha value is -0.670. The highest BCUT2D eigenvalue weighted by molar-refractivity contribution is 7.14. The van der Waals surface area contributed by atoms with E-state index in [0.717, 1.165) is 30.3 Å². The molecule has 94 valence electrons. The Kier molecular flexibility index (Phi) is 4.35. The van der Waals surface area contributed by atoms with Gasteiger partial charge in [0, 0.05) is 11.4 Å². The summed E-state index contributed by atoms with van der Waals surface area (Å²) in [5.41, 5.74) is 0. The molecule has 2 rings (SSSR count). The lowest BCUT2D eigenvalue weighted by atomic mass is 10.2. The van der Waals surface area contributed by atoms with E-state index in [4.69, 9.17) is 0 Å². The van der Waals surface area contributed by atoms with E-state index in [1.165, 1.54) is 17.7 Å². The molecular formula is C14H21NOS. The van der Waals surface area contributed by atoms with E-state index < -0.39 is 0 Å². The molecule has 0 spiro atoms. The first-order chi connectivity index (χ1) is 8.22. The average molecular weight is 251 g/mol. The maximum atomic E-state index is 12.1. The summed E-state index contributed by atoms with van der Waals surface area (Å²) in [6, 6.07) is 4.06. The molecule has 17 heavy (non-hydrogen) atoms. The van der Waals surface area contributed by atoms with E-state index in [1.54, 1.807) is 11.3 Å². The second kappa shape index (κ2) is 5.78. The number of hydrogen-bond donors (Lipinski definition) is 0. The number of Topliss-reactive ketones (excluding diaryl/α,β-unsaturated/α-hetero) is 1. The third-order valence-electron chi connectivity index (χ3n) is 3.31. The zero-order valence-corrected chi connectivity index (χ0v) is 11.6. The van der Waals surface area contributed by atoms with Crippen molar-refractivity contribution >= 4 is 17.1 Å². The minimum atomic E-state index is 0.289. The molecule has 0 radical (unpaired) electrons. The summed E-state index contributed by atoms with van der Waals surface area (Å²) in [4.78, 5) is 16.6. The summed E-state index contributed by atoms with van der Waals surface area (Å²) in [7, 11) is 0. The molecule has 0 aliphatic heterocycles. The van der Waals surface area contributed by atoms with E-state index in [-0.39, 0.29) is 5.78 Å². The van der Waals surface area contributed by atoms with Gasteiger partial charge in [-0.05, 0) is 43.9 Å². The van der Waals surface area contributed by atoms with Crippen molar-refractivity contribution in [1.82, 2.24) is 4.90 Å². The number of nitrogens with zero attached hydrogens (tertiary/aromatic N) is 1. The van der Waals surface area contributed by atoms with E-state index in [2.05, 4.69) is 24.8 Å². The van der Waals surface area contributed by atoms with Crippen molar-refractivity contribution in [2.45, 2.75) is 33.1 Å². The quantitative estimate of drug-likeness (QED) is 0.693. The van der Waals surface area contributed by atoms with Gasteiger partial charge in [-0.2, -0.15) is 0 Å². The van der Waals surface area contributed by atoms with E-state index in [1.807, 2.05) is 6.07 Å². The molecule has 1 saturated carbocycles. The van der Waals surface area contributed by atoms with Crippen LogP contribution in [0.4, 0.5) is 0 Å². The third-order valence-corrected chi connectivity index (χ3v) is 4.58. The molecule has 1 aromatic rings. The third kappa shape index (κ3) is 3.65. The van der Waals surface area contributed by atoms with Crippen LogP contribution in [-0.4, -0.2) is 30.3 Å². The van der Waals surface area contributed by atoms with Crippen LogP contribution in [0.5, 0.6) is 0 Å². The predicted molar refractivity (Wildman–Crippen MR) is 72.9 cm³/mol. The molecule has 0 unspecified atom stereocenters. The standard InChI is InChI=1S/C14H21NOS/c1-3-12-7-8-14(17-12)13(16)10-15(4-2)9-11-5-6-11/h7-8,11H,3-6,9-10H2,1-2H3. The Morgan fingerprint density at radius 1 is 1.41 bits per heavy atom. The molecule has 1 fully saturated rings. The van der Waals surface area contributed by atoms with Crippen LogP contribution in [0.2, 0.25) is 0 Å². The highest BCUT2D eigenvalue weighted by Crippen LogP contribution is 2.29. The number of carbonyl (C=O) groups excluding carboxylic acids is 1. The Morgan fingerprint density at radius 3 is 2.71 bits per heavy atom. The van der Waals surface area contributed by atoms with Crippen molar-refractivity contribution in [3.05, 3.63) is 21.9 Å². The van der Waals surface area contributed by atoms with Gasteiger partial charge in [0.05, 0.1) is 11.4 Å². The number of hydrogen-bond acceptors (Lipinski definition) is 3. The number of likely N-dealkylation sites (N-methyl/N-ethyl adjacent to an activating group) is 1. The van der Waals surface area contributed by atoms with Crippen LogP contribution in [0, 0.1) is 5.92 Å². The summed E-state index contributed by atoms with van der Waals surface area (Å²) in [5.74, 6) is 1.15. The first kappa shape index (κ1) is 12.8. The maximum Gasteiger partial charge on any atom is 0.186 e. The van der Waals surface area contributed by atoms with Crippen molar-refractivity contribution in [1.29, 1.82) is 0 Å². The maximum absolute atomic E-state index is 12.1. The normalized spacial score (nSPS) is 15.5. The fourth-order valence-electron chi connectivity index (χ4n) is 1.97. The molecule has 1 aromatic heterocycles. The molecule has 3 heteroatoms. The van der Waals surface area contributed by atoms with Crippen LogP contribution >= 0.6 is 11.3 Å². The van der Waals surface area contributed by atoms with Gasteiger partial charge in [-0.15, -0.1) is 11.3 Å². The van der Waals surface area contributed by atoms with Crippen LogP contribution < -0.4 is 0 Å². The SMILES string of the molecule is CCc1ccc(C(=O)CN(CC)CC2CC2)s1. The molecule has 1 heterocycles. The van der Waals surface area contributed by atoms with Crippen molar-refractivity contribution in [2.75, 3.05) is 19.6 Å². The molecule has 0 N–H and O–H groups in total. The molecule has 0 amide bonds. The van der Waals surface area contributed by atoms with Crippen LogP contribution in [0.25, 0.3) is 0 Å². The molecule has 2 nitrogen and oxygen atoms in total. The van der Waals surface area contributed by atoms with Gasteiger partial charge < -0.3 is 0 Å². The summed E-state index contributed by atoms with van der Waals surface area (Å²) in [5, 5.41) is 0. The lowest BCUT2D eigenvalue weighted by Gasteiger charge is -2.18. The molecular weight excluding hydrogens is 230 g/mol. The number of thiophene rings is 1. The minimum Gasteiger partial charge on any atom is -0.296 e. The smallest absolute Gasteiger partial charge is 0.186 e. The van der Waals surface area contributed by atoms with E-state index in [0.29, 0.717) is 6.54 Å². The Labute approximate surface area is 108 Å². The zero-order valence-electron chi connectivity index (χ0n) is 10.7. The first-order valence-corrected chi connectivity index (χ1v) is 7.38. The Morgan fingerprint density at radius 2 is 2.18 bits per heavy atom. The van der Waals surface area contributed by atoms with Gasteiger partial charge in [0.2, 0.25) is 0 Å². The average Bonchev–Trinajstić information content (AvgIpc) is 3.02. The second-order valence-corrected chi connectivity index (χ2v) is 5.98. The van der Waals surface area contributed by atoms with E-state index in [9.17, 15) is 4.79 Å². The second-order valence-electron chi connectivity index (χ2n) is 4.81. The largest absolute Gasteiger partial charge is 0.296 e. The lowest BCUT2D eigenvalue weighted by Crippen LogP contribution is -2.31. The van der Waals surface area contributed by atoms with Gasteiger partial charge in [0.1, 0.15) is 0 Å². The van der Waals surface area contributed by atoms with Crippen molar-refractivity contribution in [3.8, 4) is 0 Å². The number of rotatable bonds is 7. The summed E-state index contributed by atoms with van der Waals surface area (Å²) in [6.07, 6.45) is 3.73. The van der Waals surface area contributed by atoms with Crippen molar-refractivity contribution < 1.29 is 4.79 Å². The summed E-state index contributed by atoms with van der Waals surface area (Å²) < 4.78 is 0. The van der Waals surface area contributed by atoms with Crippen molar-refractivity contribution in [3.63, 3.8) is 0 Å².